The fourth-order valence-corrected chi connectivity index (χ4v) is 5.59. The van der Waals surface area contributed by atoms with E-state index in [0.29, 0.717) is 11.8 Å². The summed E-state index contributed by atoms with van der Waals surface area (Å²) in [6, 6.07) is 24.3. The molecule has 1 aliphatic rings. The highest BCUT2D eigenvalue weighted by atomic mass is 16.3. The highest BCUT2D eigenvalue weighted by molar-refractivity contribution is 5.80. The van der Waals surface area contributed by atoms with E-state index >= 15 is 0 Å². The van der Waals surface area contributed by atoms with Gasteiger partial charge in [0.05, 0.1) is 16.6 Å². The van der Waals surface area contributed by atoms with Crippen molar-refractivity contribution in [1.82, 2.24) is 9.97 Å². The lowest BCUT2D eigenvalue weighted by Crippen LogP contribution is -2.25. The normalized spacial score (nSPS) is 18.9. The maximum Gasteiger partial charge on any atom is 0.138 e. The van der Waals surface area contributed by atoms with Crippen molar-refractivity contribution in [3.8, 4) is 22.5 Å². The Morgan fingerprint density at radius 3 is 2.09 bits per heavy atom. The van der Waals surface area contributed by atoms with E-state index < -0.39 is 5.60 Å². The second kappa shape index (κ2) is 9.38. The number of benzene rings is 3. The molecular formula is C31H36N2O. The molecule has 0 saturated heterocycles. The number of aryl methyl sites for hydroxylation is 1. The average Bonchev–Trinajstić information content (AvgIpc) is 3.27. The lowest BCUT2D eigenvalue weighted by molar-refractivity contribution is 0.0445. The van der Waals surface area contributed by atoms with Crippen LogP contribution in [0.1, 0.15) is 69.9 Å². The minimum Gasteiger partial charge on any atom is -0.390 e. The molecule has 1 aromatic heterocycles. The highest BCUT2D eigenvalue weighted by Crippen LogP contribution is 2.39. The highest BCUT2D eigenvalue weighted by Gasteiger charge is 2.26. The van der Waals surface area contributed by atoms with Crippen LogP contribution >= 0.6 is 0 Å². The zero-order valence-electron chi connectivity index (χ0n) is 20.6. The molecule has 0 spiro atoms. The summed E-state index contributed by atoms with van der Waals surface area (Å²) in [5.74, 6) is 2.23. The fourth-order valence-electron chi connectivity index (χ4n) is 5.59. The summed E-state index contributed by atoms with van der Waals surface area (Å²) in [5, 5.41) is 10.1. The van der Waals surface area contributed by atoms with E-state index in [1.54, 1.807) is 0 Å². The molecule has 0 bridgehead atoms. The summed E-state index contributed by atoms with van der Waals surface area (Å²) < 4.78 is 0. The quantitative estimate of drug-likeness (QED) is 0.312. The number of rotatable bonds is 6. The Morgan fingerprint density at radius 1 is 0.853 bits per heavy atom. The molecule has 1 fully saturated rings. The summed E-state index contributed by atoms with van der Waals surface area (Å²) in [7, 11) is 0. The van der Waals surface area contributed by atoms with Gasteiger partial charge in [-0.05, 0) is 98.6 Å². The van der Waals surface area contributed by atoms with Gasteiger partial charge in [0.2, 0.25) is 0 Å². The van der Waals surface area contributed by atoms with Crippen molar-refractivity contribution in [2.24, 2.45) is 5.92 Å². The average molecular weight is 453 g/mol. The van der Waals surface area contributed by atoms with Crippen LogP contribution in [0.5, 0.6) is 0 Å². The number of nitrogens with one attached hydrogen (secondary N) is 1. The Kier molecular flexibility index (Phi) is 6.31. The SMILES string of the molecule is CCc1ccc2nc(-c3ccc(-c4ccc(C5CCC(CC(C)(C)O)CC5)cc4)cc3)[nH]c2c1. The van der Waals surface area contributed by atoms with Crippen LogP contribution in [0.4, 0.5) is 0 Å². The molecule has 0 amide bonds. The first-order valence-electron chi connectivity index (χ1n) is 12.8. The minimum absolute atomic E-state index is 0.544. The third kappa shape index (κ3) is 5.10. The van der Waals surface area contributed by atoms with Gasteiger partial charge in [-0.1, -0.05) is 61.5 Å². The summed E-state index contributed by atoms with van der Waals surface area (Å²) in [6.45, 7) is 6.04. The molecule has 0 aliphatic heterocycles. The van der Waals surface area contributed by atoms with Gasteiger partial charge in [-0.25, -0.2) is 4.98 Å². The summed E-state index contributed by atoms with van der Waals surface area (Å²) in [5.41, 5.74) is 7.94. The monoisotopic (exact) mass is 452 g/mol. The Bertz CT molecular complexity index is 1240. The van der Waals surface area contributed by atoms with Crippen molar-refractivity contribution in [1.29, 1.82) is 0 Å². The van der Waals surface area contributed by atoms with Gasteiger partial charge < -0.3 is 10.1 Å². The molecule has 176 valence electrons. The molecule has 0 atom stereocenters. The first-order valence-corrected chi connectivity index (χ1v) is 12.8. The van der Waals surface area contributed by atoms with Crippen LogP contribution in [0.3, 0.4) is 0 Å². The van der Waals surface area contributed by atoms with Gasteiger partial charge in [0.1, 0.15) is 5.82 Å². The second-order valence-electron chi connectivity index (χ2n) is 10.7. The maximum absolute atomic E-state index is 10.1. The number of aromatic nitrogens is 2. The van der Waals surface area contributed by atoms with Crippen molar-refractivity contribution in [3.05, 3.63) is 77.9 Å². The number of aliphatic hydroxyl groups is 1. The molecule has 34 heavy (non-hydrogen) atoms. The van der Waals surface area contributed by atoms with Crippen molar-refractivity contribution in [2.45, 2.75) is 70.8 Å². The van der Waals surface area contributed by atoms with E-state index in [4.69, 9.17) is 4.98 Å². The zero-order valence-corrected chi connectivity index (χ0v) is 20.6. The number of aromatic amines is 1. The van der Waals surface area contributed by atoms with Gasteiger partial charge in [0, 0.05) is 5.56 Å². The number of H-pyrrole nitrogens is 1. The maximum atomic E-state index is 10.1. The molecule has 5 rings (SSSR count). The molecule has 3 heteroatoms. The van der Waals surface area contributed by atoms with E-state index in [2.05, 4.69) is 78.6 Å². The predicted octanol–water partition coefficient (Wildman–Crippen LogP) is 7.89. The first-order chi connectivity index (χ1) is 16.4. The van der Waals surface area contributed by atoms with Crippen LogP contribution in [-0.2, 0) is 6.42 Å². The van der Waals surface area contributed by atoms with E-state index in [1.807, 2.05) is 13.8 Å². The molecule has 1 aliphatic carbocycles. The second-order valence-corrected chi connectivity index (χ2v) is 10.7. The van der Waals surface area contributed by atoms with Gasteiger partial charge in [0.15, 0.2) is 0 Å². The minimum atomic E-state index is -0.544. The van der Waals surface area contributed by atoms with Gasteiger partial charge in [0.25, 0.3) is 0 Å². The Hall–Kier alpha value is -2.91. The van der Waals surface area contributed by atoms with Gasteiger partial charge in [-0.3, -0.25) is 0 Å². The molecule has 3 nitrogen and oxygen atoms in total. The lowest BCUT2D eigenvalue weighted by Gasteiger charge is -2.32. The number of imidazole rings is 1. The van der Waals surface area contributed by atoms with Crippen molar-refractivity contribution >= 4 is 11.0 Å². The Morgan fingerprint density at radius 2 is 1.47 bits per heavy atom. The summed E-state index contributed by atoms with van der Waals surface area (Å²) in [4.78, 5) is 8.26. The largest absolute Gasteiger partial charge is 0.390 e. The van der Waals surface area contributed by atoms with Crippen LogP contribution < -0.4 is 0 Å². The number of hydrogen-bond acceptors (Lipinski definition) is 2. The van der Waals surface area contributed by atoms with Crippen LogP contribution in [-0.4, -0.2) is 20.7 Å². The molecule has 4 aromatic rings. The lowest BCUT2D eigenvalue weighted by atomic mass is 9.75. The molecular weight excluding hydrogens is 416 g/mol. The number of hydrogen-bond donors (Lipinski definition) is 2. The number of fused-ring (bicyclic) bond motifs is 1. The first kappa shape index (κ1) is 22.9. The van der Waals surface area contributed by atoms with Gasteiger partial charge >= 0.3 is 0 Å². The van der Waals surface area contributed by atoms with Gasteiger partial charge in [-0.2, -0.15) is 0 Å². The predicted molar refractivity (Wildman–Crippen MR) is 142 cm³/mol. The smallest absolute Gasteiger partial charge is 0.138 e. The van der Waals surface area contributed by atoms with Crippen LogP contribution in [0.15, 0.2) is 66.7 Å². The van der Waals surface area contributed by atoms with Crippen molar-refractivity contribution < 1.29 is 5.11 Å². The van der Waals surface area contributed by atoms with Crippen LogP contribution in [0, 0.1) is 5.92 Å². The topological polar surface area (TPSA) is 48.9 Å². The molecule has 2 N–H and O–H groups in total. The Labute approximate surface area is 203 Å². The standard InChI is InChI=1S/C31H36N2O/c1-4-21-7-18-28-29(19-21)33-30(32-28)27-16-14-26(15-17-27)25-12-10-24(11-13-25)23-8-5-22(6-9-23)20-31(2,3)34/h7,10-19,22-23,34H,4-6,8-9,20H2,1-3H3,(H,32,33). The molecule has 0 radical (unpaired) electrons. The molecule has 1 heterocycles. The zero-order chi connectivity index (χ0) is 23.7. The molecule has 1 saturated carbocycles. The van der Waals surface area contributed by atoms with E-state index in [-0.39, 0.29) is 0 Å². The van der Waals surface area contributed by atoms with E-state index in [1.165, 1.54) is 47.9 Å². The third-order valence-corrected chi connectivity index (χ3v) is 7.46. The van der Waals surface area contributed by atoms with Gasteiger partial charge in [-0.15, -0.1) is 0 Å². The summed E-state index contributed by atoms with van der Waals surface area (Å²) >= 11 is 0. The fraction of sp³-hybridized carbons (Fsp3) is 0.387. The molecule has 0 unspecified atom stereocenters. The number of nitrogens with zero attached hydrogens (tertiary/aromatic N) is 1. The Balaban J connectivity index is 1.25. The summed E-state index contributed by atoms with van der Waals surface area (Å²) in [6.07, 6.45) is 6.85. The van der Waals surface area contributed by atoms with Crippen molar-refractivity contribution in [2.75, 3.05) is 0 Å². The van der Waals surface area contributed by atoms with Crippen LogP contribution in [0.2, 0.25) is 0 Å². The van der Waals surface area contributed by atoms with Crippen LogP contribution in [0.25, 0.3) is 33.5 Å². The van der Waals surface area contributed by atoms with E-state index in [9.17, 15) is 5.11 Å². The van der Waals surface area contributed by atoms with Crippen molar-refractivity contribution in [3.63, 3.8) is 0 Å². The van der Waals surface area contributed by atoms with E-state index in [0.717, 1.165) is 35.3 Å². The third-order valence-electron chi connectivity index (χ3n) is 7.46. The molecule has 3 aromatic carbocycles.